The van der Waals surface area contributed by atoms with Gasteiger partial charge in [-0.1, -0.05) is 18.2 Å². The normalized spacial score (nSPS) is 13.7. The lowest BCUT2D eigenvalue weighted by atomic mass is 9.94. The molecular formula is C18H21N3O. The number of nitrogens with one attached hydrogen (secondary N) is 1. The maximum atomic E-state index is 12.1. The van der Waals surface area contributed by atoms with Gasteiger partial charge in [0.1, 0.15) is 5.82 Å². The van der Waals surface area contributed by atoms with Gasteiger partial charge in [-0.05, 0) is 49.1 Å². The van der Waals surface area contributed by atoms with E-state index in [2.05, 4.69) is 40.3 Å². The number of amides is 1. The number of nitrogens with zero attached hydrogens (tertiary/aromatic N) is 2. The van der Waals surface area contributed by atoms with Crippen LogP contribution in [0.5, 0.6) is 0 Å². The van der Waals surface area contributed by atoms with Crippen LogP contribution in [0.1, 0.15) is 32.7 Å². The van der Waals surface area contributed by atoms with E-state index >= 15 is 0 Å². The van der Waals surface area contributed by atoms with E-state index in [4.69, 9.17) is 0 Å². The van der Waals surface area contributed by atoms with E-state index in [1.165, 1.54) is 11.1 Å². The summed E-state index contributed by atoms with van der Waals surface area (Å²) in [6, 6.07) is 10.2. The number of hydrogen-bond donors (Lipinski definition) is 1. The summed E-state index contributed by atoms with van der Waals surface area (Å²) in [6.45, 7) is 5.77. The Morgan fingerprint density at radius 3 is 2.77 bits per heavy atom. The van der Waals surface area contributed by atoms with Crippen molar-refractivity contribution in [3.63, 3.8) is 0 Å². The Morgan fingerprint density at radius 2 is 2.05 bits per heavy atom. The lowest BCUT2D eigenvalue weighted by Crippen LogP contribution is -2.33. The monoisotopic (exact) mass is 295 g/mol. The van der Waals surface area contributed by atoms with Crippen LogP contribution in [0.2, 0.25) is 0 Å². The molecule has 1 aliphatic rings. The summed E-state index contributed by atoms with van der Waals surface area (Å²) in [5, 5.41) is 2.73. The number of hydrogen-bond acceptors (Lipinski definition) is 3. The molecule has 1 aromatic carbocycles. The molecule has 1 amide bonds. The molecule has 3 rings (SSSR count). The molecular weight excluding hydrogens is 274 g/mol. The minimum Gasteiger partial charge on any atom is -0.355 e. The summed E-state index contributed by atoms with van der Waals surface area (Å²) in [6.07, 6.45) is 0.939. The first-order chi connectivity index (χ1) is 10.6. The zero-order chi connectivity index (χ0) is 15.7. The number of benzene rings is 1. The number of pyridine rings is 1. The smallest absolute Gasteiger partial charge is 0.251 e. The topological polar surface area (TPSA) is 45.2 Å². The molecule has 4 nitrogen and oxygen atoms in total. The molecule has 0 fully saturated rings. The number of carbonyl (C=O) groups is 1. The third-order valence-electron chi connectivity index (χ3n) is 4.40. The largest absolute Gasteiger partial charge is 0.355 e. The van der Waals surface area contributed by atoms with Gasteiger partial charge in [-0.25, -0.2) is 4.98 Å². The van der Waals surface area contributed by atoms with Gasteiger partial charge in [0.05, 0.1) is 0 Å². The summed E-state index contributed by atoms with van der Waals surface area (Å²) < 4.78 is 0. The van der Waals surface area contributed by atoms with Crippen LogP contribution in [0.25, 0.3) is 0 Å². The number of carbonyl (C=O) groups excluding carboxylic acids is 1. The molecule has 0 spiro atoms. The van der Waals surface area contributed by atoms with Crippen molar-refractivity contribution in [1.82, 2.24) is 10.3 Å². The van der Waals surface area contributed by atoms with Crippen LogP contribution in [0.3, 0.4) is 0 Å². The minimum atomic E-state index is -0.0215. The van der Waals surface area contributed by atoms with E-state index in [9.17, 15) is 4.79 Å². The van der Waals surface area contributed by atoms with Gasteiger partial charge in [0.2, 0.25) is 0 Å². The summed E-state index contributed by atoms with van der Waals surface area (Å²) in [7, 11) is 1.67. The lowest BCUT2D eigenvalue weighted by molar-refractivity contribution is 0.0962. The number of anilines is 1. The Kier molecular flexibility index (Phi) is 3.84. The minimum absolute atomic E-state index is 0.0215. The van der Waals surface area contributed by atoms with Gasteiger partial charge in [-0.15, -0.1) is 0 Å². The average molecular weight is 295 g/mol. The molecule has 0 radical (unpaired) electrons. The van der Waals surface area contributed by atoms with Crippen molar-refractivity contribution < 1.29 is 4.79 Å². The van der Waals surface area contributed by atoms with Crippen molar-refractivity contribution >= 4 is 11.7 Å². The number of fused-ring (bicyclic) bond motifs is 1. The molecule has 114 valence electrons. The Labute approximate surface area is 131 Å². The van der Waals surface area contributed by atoms with Crippen LogP contribution < -0.4 is 10.2 Å². The first-order valence-corrected chi connectivity index (χ1v) is 7.62. The molecule has 0 saturated heterocycles. The summed E-state index contributed by atoms with van der Waals surface area (Å²) >= 11 is 0. The van der Waals surface area contributed by atoms with Gasteiger partial charge in [0.15, 0.2) is 0 Å². The maximum Gasteiger partial charge on any atom is 0.251 e. The standard InChI is InChI=1S/C18H21N3O/c1-12-7-8-17(20-13(12)2)21-10-9-14-5-4-6-15(16(14)11-21)18(22)19-3/h4-8H,9-11H2,1-3H3,(H,19,22). The summed E-state index contributed by atoms with van der Waals surface area (Å²) in [5.41, 5.74) is 5.41. The van der Waals surface area contributed by atoms with Gasteiger partial charge in [-0.3, -0.25) is 4.79 Å². The predicted molar refractivity (Wildman–Crippen MR) is 88.3 cm³/mol. The van der Waals surface area contributed by atoms with Crippen LogP contribution in [0.15, 0.2) is 30.3 Å². The lowest BCUT2D eigenvalue weighted by Gasteiger charge is -2.31. The second-order valence-corrected chi connectivity index (χ2v) is 5.77. The van der Waals surface area contributed by atoms with Crippen LogP contribution in [0, 0.1) is 13.8 Å². The van der Waals surface area contributed by atoms with Crippen molar-refractivity contribution in [3.05, 3.63) is 58.3 Å². The third kappa shape index (κ3) is 2.56. The Morgan fingerprint density at radius 1 is 1.23 bits per heavy atom. The number of aryl methyl sites for hydroxylation is 2. The van der Waals surface area contributed by atoms with E-state index < -0.39 is 0 Å². The Bertz CT molecular complexity index is 724. The van der Waals surface area contributed by atoms with E-state index in [1.54, 1.807) is 7.05 Å². The van der Waals surface area contributed by atoms with Crippen molar-refractivity contribution in [2.45, 2.75) is 26.8 Å². The number of aromatic nitrogens is 1. The molecule has 1 aliphatic heterocycles. The predicted octanol–water partition coefficient (Wildman–Crippen LogP) is 2.62. The molecule has 4 heteroatoms. The fourth-order valence-electron chi connectivity index (χ4n) is 2.92. The SMILES string of the molecule is CNC(=O)c1cccc2c1CN(c1ccc(C)c(C)n1)CC2. The number of rotatable bonds is 2. The van der Waals surface area contributed by atoms with Crippen LogP contribution >= 0.6 is 0 Å². The summed E-state index contributed by atoms with van der Waals surface area (Å²) in [5.74, 6) is 0.965. The molecule has 1 aromatic heterocycles. The highest BCUT2D eigenvalue weighted by atomic mass is 16.1. The van der Waals surface area contributed by atoms with Gasteiger partial charge in [-0.2, -0.15) is 0 Å². The second kappa shape index (κ2) is 5.79. The molecule has 2 heterocycles. The molecule has 0 atom stereocenters. The first kappa shape index (κ1) is 14.6. The van der Waals surface area contributed by atoms with E-state index in [0.29, 0.717) is 0 Å². The molecule has 1 N–H and O–H groups in total. The van der Waals surface area contributed by atoms with E-state index in [1.807, 2.05) is 19.1 Å². The first-order valence-electron chi connectivity index (χ1n) is 7.62. The van der Waals surface area contributed by atoms with Gasteiger partial charge in [0.25, 0.3) is 5.91 Å². The average Bonchev–Trinajstić information content (AvgIpc) is 2.55. The van der Waals surface area contributed by atoms with Gasteiger partial charge < -0.3 is 10.2 Å². The van der Waals surface area contributed by atoms with Crippen molar-refractivity contribution in [2.75, 3.05) is 18.5 Å². The molecule has 0 unspecified atom stereocenters. The zero-order valence-corrected chi connectivity index (χ0v) is 13.3. The van der Waals surface area contributed by atoms with Crippen LogP contribution in [-0.4, -0.2) is 24.5 Å². The molecule has 0 bridgehead atoms. The van der Waals surface area contributed by atoms with Gasteiger partial charge in [0, 0.05) is 31.4 Å². The highest BCUT2D eigenvalue weighted by Crippen LogP contribution is 2.26. The van der Waals surface area contributed by atoms with E-state index in [-0.39, 0.29) is 5.91 Å². The zero-order valence-electron chi connectivity index (χ0n) is 13.3. The fraction of sp³-hybridized carbons (Fsp3) is 0.333. The quantitative estimate of drug-likeness (QED) is 0.926. The summed E-state index contributed by atoms with van der Waals surface area (Å²) in [4.78, 5) is 19.0. The molecule has 2 aromatic rings. The fourth-order valence-corrected chi connectivity index (χ4v) is 2.92. The van der Waals surface area contributed by atoms with Gasteiger partial charge >= 0.3 is 0 Å². The second-order valence-electron chi connectivity index (χ2n) is 5.77. The molecule has 22 heavy (non-hydrogen) atoms. The highest BCUT2D eigenvalue weighted by Gasteiger charge is 2.22. The van der Waals surface area contributed by atoms with Crippen molar-refractivity contribution in [1.29, 1.82) is 0 Å². The Balaban J connectivity index is 1.95. The molecule has 0 saturated carbocycles. The highest BCUT2D eigenvalue weighted by molar-refractivity contribution is 5.96. The third-order valence-corrected chi connectivity index (χ3v) is 4.40. The van der Waals surface area contributed by atoms with Crippen molar-refractivity contribution in [3.8, 4) is 0 Å². The van der Waals surface area contributed by atoms with E-state index in [0.717, 1.165) is 42.1 Å². The maximum absolute atomic E-state index is 12.1. The molecule has 0 aliphatic carbocycles. The van der Waals surface area contributed by atoms with Crippen LogP contribution in [0.4, 0.5) is 5.82 Å². The van der Waals surface area contributed by atoms with Crippen LogP contribution in [-0.2, 0) is 13.0 Å². The van der Waals surface area contributed by atoms with Crippen molar-refractivity contribution in [2.24, 2.45) is 0 Å². The Hall–Kier alpha value is -2.36.